The van der Waals surface area contributed by atoms with E-state index < -0.39 is 23.3 Å². The summed E-state index contributed by atoms with van der Waals surface area (Å²) in [5, 5.41) is 21.8. The van der Waals surface area contributed by atoms with Crippen molar-refractivity contribution >= 4 is 11.9 Å². The van der Waals surface area contributed by atoms with Gasteiger partial charge in [-0.1, -0.05) is 26.2 Å². The summed E-state index contributed by atoms with van der Waals surface area (Å²) in [6, 6.07) is 0. The van der Waals surface area contributed by atoms with Gasteiger partial charge in [0.2, 0.25) is 5.91 Å². The third kappa shape index (κ3) is 2.97. The van der Waals surface area contributed by atoms with E-state index in [1.807, 2.05) is 6.92 Å². The number of nitrogens with one attached hydrogen (secondary N) is 1. The Kier molecular flexibility index (Phi) is 4.68. The Morgan fingerprint density at radius 2 is 1.80 bits per heavy atom. The summed E-state index contributed by atoms with van der Waals surface area (Å²) in [4.78, 5) is 23.8. The van der Waals surface area contributed by atoms with Crippen molar-refractivity contribution in [2.45, 2.75) is 57.4 Å². The smallest absolute Gasteiger partial charge is 0.307 e. The van der Waals surface area contributed by atoms with Crippen molar-refractivity contribution < 1.29 is 19.8 Å². The molecule has 0 saturated heterocycles. The predicted octanol–water partition coefficient (Wildman–Crippen LogP) is 1.54. The van der Waals surface area contributed by atoms with Gasteiger partial charge in [0.1, 0.15) is 0 Å². The second-order valence-corrected chi connectivity index (χ2v) is 6.43. The minimum atomic E-state index is -0.870. The van der Waals surface area contributed by atoms with E-state index in [-0.39, 0.29) is 12.5 Å². The Labute approximate surface area is 119 Å². The second-order valence-electron chi connectivity index (χ2n) is 6.43. The molecule has 1 unspecified atom stereocenters. The van der Waals surface area contributed by atoms with Crippen LogP contribution in [0.2, 0.25) is 0 Å². The number of carbonyl (C=O) groups excluding carboxylic acids is 1. The number of aliphatic carboxylic acids is 1. The number of hydrogen-bond donors (Lipinski definition) is 3. The summed E-state index contributed by atoms with van der Waals surface area (Å²) in [7, 11) is 0. The molecule has 2 aliphatic carbocycles. The number of aliphatic hydroxyl groups is 1. The largest absolute Gasteiger partial charge is 0.481 e. The number of amides is 1. The minimum absolute atomic E-state index is 0.0552. The van der Waals surface area contributed by atoms with Crippen LogP contribution >= 0.6 is 0 Å². The first-order valence-electron chi connectivity index (χ1n) is 7.67. The van der Waals surface area contributed by atoms with Gasteiger partial charge in [0.25, 0.3) is 0 Å². The summed E-state index contributed by atoms with van der Waals surface area (Å²) < 4.78 is 0. The molecule has 0 bridgehead atoms. The van der Waals surface area contributed by atoms with E-state index in [2.05, 4.69) is 5.32 Å². The van der Waals surface area contributed by atoms with Gasteiger partial charge in [-0.05, 0) is 31.6 Å². The van der Waals surface area contributed by atoms with Gasteiger partial charge in [-0.2, -0.15) is 0 Å². The molecule has 2 rings (SSSR count). The van der Waals surface area contributed by atoms with Crippen LogP contribution < -0.4 is 5.32 Å². The van der Waals surface area contributed by atoms with Crippen molar-refractivity contribution in [3.05, 3.63) is 0 Å². The monoisotopic (exact) mass is 283 g/mol. The van der Waals surface area contributed by atoms with Crippen LogP contribution in [-0.4, -0.2) is 34.2 Å². The van der Waals surface area contributed by atoms with Crippen LogP contribution in [0.15, 0.2) is 0 Å². The van der Waals surface area contributed by atoms with Crippen LogP contribution in [0.4, 0.5) is 0 Å². The van der Waals surface area contributed by atoms with E-state index in [0.717, 1.165) is 32.1 Å². The number of carbonyl (C=O) groups is 2. The first-order chi connectivity index (χ1) is 9.51. The summed E-state index contributed by atoms with van der Waals surface area (Å²) in [6.07, 6.45) is 5.75. The second kappa shape index (κ2) is 6.12. The molecule has 0 aromatic rings. The normalized spacial score (nSPS) is 32.2. The molecule has 2 saturated carbocycles. The minimum Gasteiger partial charge on any atom is -0.481 e. The quantitative estimate of drug-likeness (QED) is 0.714. The van der Waals surface area contributed by atoms with Crippen LogP contribution in [0.25, 0.3) is 0 Å². The molecule has 114 valence electrons. The lowest BCUT2D eigenvalue weighted by Crippen LogP contribution is -2.52. The van der Waals surface area contributed by atoms with E-state index in [4.69, 9.17) is 0 Å². The van der Waals surface area contributed by atoms with Crippen molar-refractivity contribution in [2.75, 3.05) is 6.61 Å². The zero-order chi connectivity index (χ0) is 14.8. The zero-order valence-corrected chi connectivity index (χ0v) is 12.1. The lowest BCUT2D eigenvalue weighted by atomic mass is 9.92. The van der Waals surface area contributed by atoms with Crippen molar-refractivity contribution in [3.63, 3.8) is 0 Å². The molecule has 0 heterocycles. The third-order valence-electron chi connectivity index (χ3n) is 5.14. The Hall–Kier alpha value is -1.10. The number of aliphatic hydroxyl groups excluding tert-OH is 1. The van der Waals surface area contributed by atoms with Crippen LogP contribution in [0.5, 0.6) is 0 Å². The van der Waals surface area contributed by atoms with E-state index >= 15 is 0 Å². The molecule has 0 radical (unpaired) electrons. The molecule has 0 spiro atoms. The fraction of sp³-hybridized carbons (Fsp3) is 0.867. The molecule has 5 nitrogen and oxygen atoms in total. The van der Waals surface area contributed by atoms with Gasteiger partial charge in [-0.25, -0.2) is 0 Å². The molecule has 3 atom stereocenters. The fourth-order valence-electron chi connectivity index (χ4n) is 3.77. The Balaban J connectivity index is 2.05. The highest BCUT2D eigenvalue weighted by Crippen LogP contribution is 2.39. The van der Waals surface area contributed by atoms with Crippen LogP contribution in [-0.2, 0) is 9.59 Å². The first kappa shape index (κ1) is 15.3. The van der Waals surface area contributed by atoms with Gasteiger partial charge < -0.3 is 15.5 Å². The zero-order valence-electron chi connectivity index (χ0n) is 12.1. The molecular weight excluding hydrogens is 258 g/mol. The molecule has 5 heteroatoms. The van der Waals surface area contributed by atoms with Crippen LogP contribution in [0.3, 0.4) is 0 Å². The highest BCUT2D eigenvalue weighted by atomic mass is 16.4. The van der Waals surface area contributed by atoms with Crippen molar-refractivity contribution in [2.24, 2.45) is 17.8 Å². The summed E-state index contributed by atoms with van der Waals surface area (Å²) in [5.41, 5.74) is -0.509. The van der Waals surface area contributed by atoms with Gasteiger partial charge in [0.15, 0.2) is 0 Å². The maximum Gasteiger partial charge on any atom is 0.307 e. The number of rotatable bonds is 5. The molecule has 3 N–H and O–H groups in total. The van der Waals surface area contributed by atoms with Crippen LogP contribution in [0.1, 0.15) is 51.9 Å². The van der Waals surface area contributed by atoms with E-state index in [1.165, 1.54) is 0 Å². The fourth-order valence-corrected chi connectivity index (χ4v) is 3.77. The standard InChI is InChI=1S/C15H25NO4/c1-2-10-7-11(12(8-10)14(19)20)13(18)16-15(9-17)5-3-4-6-15/h10-12,17H,2-9H2,1H3,(H,16,18)(H,19,20)/t10?,11-,12+/m0/s1. The SMILES string of the molecule is CCC1C[C@H](C(=O)NC2(CO)CCCC2)[C@H](C(=O)O)C1. The highest BCUT2D eigenvalue weighted by molar-refractivity contribution is 5.85. The molecule has 20 heavy (non-hydrogen) atoms. The first-order valence-corrected chi connectivity index (χ1v) is 7.67. The molecule has 0 aromatic carbocycles. The lowest BCUT2D eigenvalue weighted by Gasteiger charge is -2.30. The van der Waals surface area contributed by atoms with Gasteiger partial charge in [0, 0.05) is 0 Å². The molecule has 0 aromatic heterocycles. The van der Waals surface area contributed by atoms with Gasteiger partial charge in [-0.3, -0.25) is 9.59 Å². The molecule has 2 fully saturated rings. The van der Waals surface area contributed by atoms with E-state index in [1.54, 1.807) is 0 Å². The average molecular weight is 283 g/mol. The topological polar surface area (TPSA) is 86.6 Å². The molecule has 2 aliphatic rings. The number of carboxylic acid groups (broad SMARTS) is 1. The maximum absolute atomic E-state index is 12.5. The summed E-state index contributed by atoms with van der Waals surface area (Å²) >= 11 is 0. The molecule has 0 aliphatic heterocycles. The Morgan fingerprint density at radius 1 is 1.20 bits per heavy atom. The van der Waals surface area contributed by atoms with Crippen molar-refractivity contribution in [3.8, 4) is 0 Å². The Morgan fingerprint density at radius 3 is 2.30 bits per heavy atom. The number of hydrogen-bond acceptors (Lipinski definition) is 3. The summed E-state index contributed by atoms with van der Waals surface area (Å²) in [6.45, 7) is 1.98. The van der Waals surface area contributed by atoms with E-state index in [0.29, 0.717) is 18.8 Å². The van der Waals surface area contributed by atoms with Crippen LogP contribution in [0, 0.1) is 17.8 Å². The molecule has 1 amide bonds. The van der Waals surface area contributed by atoms with Gasteiger partial charge >= 0.3 is 5.97 Å². The summed E-state index contributed by atoms with van der Waals surface area (Å²) in [5.74, 6) is -1.74. The van der Waals surface area contributed by atoms with Crippen molar-refractivity contribution in [1.82, 2.24) is 5.32 Å². The molecular formula is C15H25NO4. The third-order valence-corrected chi connectivity index (χ3v) is 5.14. The maximum atomic E-state index is 12.5. The van der Waals surface area contributed by atoms with Gasteiger partial charge in [0.05, 0.1) is 24.0 Å². The average Bonchev–Trinajstić information content (AvgIpc) is 3.05. The number of carboxylic acids is 1. The highest BCUT2D eigenvalue weighted by Gasteiger charge is 2.44. The van der Waals surface area contributed by atoms with E-state index in [9.17, 15) is 19.8 Å². The predicted molar refractivity (Wildman–Crippen MR) is 74.1 cm³/mol. The van der Waals surface area contributed by atoms with Crippen molar-refractivity contribution in [1.29, 1.82) is 0 Å². The van der Waals surface area contributed by atoms with Gasteiger partial charge in [-0.15, -0.1) is 0 Å². The lowest BCUT2D eigenvalue weighted by molar-refractivity contribution is -0.146. The Bertz CT molecular complexity index is 376.